The maximum Gasteiger partial charge on any atom is 0.211 e. The maximum atomic E-state index is 11.7. The van der Waals surface area contributed by atoms with Crippen molar-refractivity contribution in [2.75, 3.05) is 32.4 Å². The Balaban J connectivity index is 1.94. The molecule has 20 heavy (non-hydrogen) atoms. The Morgan fingerprint density at radius 1 is 1.35 bits per heavy atom. The minimum atomic E-state index is -3.10. The molecule has 2 aliphatic heterocycles. The molecule has 2 saturated heterocycles. The van der Waals surface area contributed by atoms with Crippen LogP contribution in [0.2, 0.25) is 0 Å². The Bertz CT molecular complexity index is 416. The van der Waals surface area contributed by atoms with E-state index in [4.69, 9.17) is 0 Å². The normalized spacial score (nSPS) is 32.8. The van der Waals surface area contributed by atoms with E-state index in [2.05, 4.69) is 5.32 Å². The zero-order chi connectivity index (χ0) is 14.8. The van der Waals surface area contributed by atoms with Crippen LogP contribution in [0.4, 0.5) is 0 Å². The van der Waals surface area contributed by atoms with Gasteiger partial charge in [-0.2, -0.15) is 0 Å². The van der Waals surface area contributed by atoms with Gasteiger partial charge in [0.2, 0.25) is 10.0 Å². The molecule has 0 saturated carbocycles. The first-order chi connectivity index (χ1) is 9.29. The molecule has 2 aliphatic rings. The molecule has 2 rings (SSSR count). The fraction of sp³-hybridized carbons (Fsp3) is 1.00. The van der Waals surface area contributed by atoms with Gasteiger partial charge < -0.3 is 10.4 Å². The van der Waals surface area contributed by atoms with Crippen LogP contribution in [0.25, 0.3) is 0 Å². The molecular formula is C14H28N2O3S. The van der Waals surface area contributed by atoms with Crippen molar-refractivity contribution in [1.82, 2.24) is 9.62 Å². The molecule has 6 heteroatoms. The van der Waals surface area contributed by atoms with Gasteiger partial charge in [-0.3, -0.25) is 0 Å². The van der Waals surface area contributed by atoms with Crippen LogP contribution in [0.5, 0.6) is 0 Å². The molecule has 0 aromatic carbocycles. The van der Waals surface area contributed by atoms with E-state index in [-0.39, 0.29) is 11.8 Å². The number of aliphatic hydroxyl groups is 1. The molecule has 0 spiro atoms. The Morgan fingerprint density at radius 2 is 2.10 bits per heavy atom. The summed E-state index contributed by atoms with van der Waals surface area (Å²) < 4.78 is 24.9. The smallest absolute Gasteiger partial charge is 0.211 e. The summed E-state index contributed by atoms with van der Waals surface area (Å²) in [4.78, 5) is 0. The fourth-order valence-corrected chi connectivity index (χ4v) is 4.57. The average Bonchev–Trinajstić information content (AvgIpc) is 2.38. The Kier molecular flexibility index (Phi) is 5.10. The standard InChI is InChI=1S/C14H28N2O3S/c1-14(17,13-6-3-7-15-10-13)9-12-5-4-8-16(11-12)20(2,18)19/h12-13,15,17H,3-11H2,1-2H3. The first-order valence-electron chi connectivity index (χ1n) is 7.67. The highest BCUT2D eigenvalue weighted by Gasteiger charge is 2.37. The van der Waals surface area contributed by atoms with Crippen molar-refractivity contribution >= 4 is 10.0 Å². The van der Waals surface area contributed by atoms with Crippen LogP contribution < -0.4 is 5.32 Å². The van der Waals surface area contributed by atoms with E-state index in [9.17, 15) is 13.5 Å². The Hall–Kier alpha value is -0.170. The second-order valence-electron chi connectivity index (χ2n) is 6.73. The first kappa shape index (κ1) is 16.2. The first-order valence-corrected chi connectivity index (χ1v) is 9.52. The summed E-state index contributed by atoms with van der Waals surface area (Å²) >= 11 is 0. The van der Waals surface area contributed by atoms with E-state index in [1.807, 2.05) is 6.92 Å². The van der Waals surface area contributed by atoms with Crippen LogP contribution in [0.15, 0.2) is 0 Å². The molecule has 2 fully saturated rings. The lowest BCUT2D eigenvalue weighted by molar-refractivity contribution is -0.0356. The number of hydrogen-bond acceptors (Lipinski definition) is 4. The van der Waals surface area contributed by atoms with Crippen molar-refractivity contribution in [3.05, 3.63) is 0 Å². The monoisotopic (exact) mass is 304 g/mol. The summed E-state index contributed by atoms with van der Waals surface area (Å²) in [5.74, 6) is 0.556. The summed E-state index contributed by atoms with van der Waals surface area (Å²) in [7, 11) is -3.10. The molecule has 0 aromatic rings. The number of nitrogens with zero attached hydrogens (tertiary/aromatic N) is 1. The molecule has 0 radical (unpaired) electrons. The number of nitrogens with one attached hydrogen (secondary N) is 1. The van der Waals surface area contributed by atoms with Gasteiger partial charge >= 0.3 is 0 Å². The minimum Gasteiger partial charge on any atom is -0.390 e. The summed E-state index contributed by atoms with van der Waals surface area (Å²) in [6.07, 6.45) is 6.06. The molecule has 0 bridgehead atoms. The van der Waals surface area contributed by atoms with Gasteiger partial charge in [0, 0.05) is 19.6 Å². The van der Waals surface area contributed by atoms with Gasteiger partial charge in [0.05, 0.1) is 11.9 Å². The van der Waals surface area contributed by atoms with E-state index >= 15 is 0 Å². The molecule has 0 aromatic heterocycles. The lowest BCUT2D eigenvalue weighted by Gasteiger charge is -2.40. The molecule has 5 nitrogen and oxygen atoms in total. The largest absolute Gasteiger partial charge is 0.390 e. The van der Waals surface area contributed by atoms with Crippen molar-refractivity contribution in [2.45, 2.75) is 44.6 Å². The second-order valence-corrected chi connectivity index (χ2v) is 8.72. The van der Waals surface area contributed by atoms with Gasteiger partial charge in [0.15, 0.2) is 0 Å². The van der Waals surface area contributed by atoms with E-state index in [0.29, 0.717) is 19.5 Å². The quantitative estimate of drug-likeness (QED) is 0.806. The number of sulfonamides is 1. The van der Waals surface area contributed by atoms with Gasteiger partial charge in [0.25, 0.3) is 0 Å². The topological polar surface area (TPSA) is 69.6 Å². The number of rotatable bonds is 4. The SMILES string of the molecule is CC(O)(CC1CCCN(S(C)(=O)=O)C1)C1CCCNC1. The summed E-state index contributed by atoms with van der Waals surface area (Å²) in [6.45, 7) is 5.02. The van der Waals surface area contributed by atoms with Crippen LogP contribution in [-0.4, -0.2) is 55.9 Å². The Labute approximate surface area is 122 Å². The van der Waals surface area contributed by atoms with Gasteiger partial charge in [-0.05, 0) is 57.4 Å². The molecule has 3 atom stereocenters. The van der Waals surface area contributed by atoms with Gasteiger partial charge in [-0.25, -0.2) is 12.7 Å². The molecule has 2 heterocycles. The average molecular weight is 304 g/mol. The van der Waals surface area contributed by atoms with Crippen molar-refractivity contribution in [1.29, 1.82) is 0 Å². The third kappa shape index (κ3) is 4.16. The zero-order valence-electron chi connectivity index (χ0n) is 12.6. The summed E-state index contributed by atoms with van der Waals surface area (Å²) in [5, 5.41) is 14.1. The lowest BCUT2D eigenvalue weighted by atomic mass is 9.76. The molecule has 0 aliphatic carbocycles. The highest BCUT2D eigenvalue weighted by atomic mass is 32.2. The van der Waals surface area contributed by atoms with Crippen molar-refractivity contribution < 1.29 is 13.5 Å². The van der Waals surface area contributed by atoms with Crippen LogP contribution in [0, 0.1) is 11.8 Å². The van der Waals surface area contributed by atoms with Crippen LogP contribution in [-0.2, 0) is 10.0 Å². The molecular weight excluding hydrogens is 276 g/mol. The van der Waals surface area contributed by atoms with E-state index < -0.39 is 15.6 Å². The van der Waals surface area contributed by atoms with E-state index in [0.717, 1.165) is 38.8 Å². The fourth-order valence-electron chi connectivity index (χ4n) is 3.63. The predicted molar refractivity (Wildman–Crippen MR) is 80.0 cm³/mol. The molecule has 0 amide bonds. The second kappa shape index (κ2) is 6.30. The summed E-state index contributed by atoms with van der Waals surface area (Å²) in [6, 6.07) is 0. The zero-order valence-corrected chi connectivity index (χ0v) is 13.5. The Morgan fingerprint density at radius 3 is 2.70 bits per heavy atom. The number of piperidine rings is 2. The molecule has 2 N–H and O–H groups in total. The third-order valence-corrected chi connectivity index (χ3v) is 6.10. The highest BCUT2D eigenvalue weighted by Crippen LogP contribution is 2.33. The van der Waals surface area contributed by atoms with Crippen LogP contribution in [0.1, 0.15) is 39.0 Å². The predicted octanol–water partition coefficient (Wildman–Crippen LogP) is 0.799. The minimum absolute atomic E-state index is 0.274. The van der Waals surface area contributed by atoms with Crippen LogP contribution in [0.3, 0.4) is 0 Å². The van der Waals surface area contributed by atoms with Gasteiger partial charge in [-0.15, -0.1) is 0 Å². The van der Waals surface area contributed by atoms with Crippen molar-refractivity contribution in [3.8, 4) is 0 Å². The third-order valence-electron chi connectivity index (χ3n) is 4.83. The number of hydrogen-bond donors (Lipinski definition) is 2. The lowest BCUT2D eigenvalue weighted by Crippen LogP contribution is -2.47. The highest BCUT2D eigenvalue weighted by molar-refractivity contribution is 7.88. The molecule has 118 valence electrons. The summed E-state index contributed by atoms with van der Waals surface area (Å²) in [5.41, 5.74) is -0.696. The van der Waals surface area contributed by atoms with Gasteiger partial charge in [0.1, 0.15) is 0 Å². The molecule has 3 unspecified atom stereocenters. The van der Waals surface area contributed by atoms with Gasteiger partial charge in [-0.1, -0.05) is 0 Å². The van der Waals surface area contributed by atoms with Crippen molar-refractivity contribution in [2.24, 2.45) is 11.8 Å². The maximum absolute atomic E-state index is 11.7. The van der Waals surface area contributed by atoms with E-state index in [1.54, 1.807) is 4.31 Å². The van der Waals surface area contributed by atoms with Crippen molar-refractivity contribution in [3.63, 3.8) is 0 Å². The van der Waals surface area contributed by atoms with E-state index in [1.165, 1.54) is 6.26 Å². The van der Waals surface area contributed by atoms with Crippen LogP contribution >= 0.6 is 0 Å².